The minimum atomic E-state index is -1.74. The van der Waals surface area contributed by atoms with Crippen molar-refractivity contribution in [2.24, 2.45) is 9.98 Å². The number of halogens is 2. The molecule has 2 heterocycles. The maximum atomic E-state index is 7.58. The molecule has 26 heteroatoms. The summed E-state index contributed by atoms with van der Waals surface area (Å²) in [5.74, 6) is 1.21. The van der Waals surface area contributed by atoms with E-state index in [-0.39, 0.29) is 0 Å². The molecule has 0 N–H and O–H groups in total. The summed E-state index contributed by atoms with van der Waals surface area (Å²) in [5, 5.41) is 0.834. The first-order chi connectivity index (χ1) is 51.4. The van der Waals surface area contributed by atoms with E-state index in [1.807, 2.05) is 150 Å². The quantitative estimate of drug-likeness (QED) is 0.0323. The van der Waals surface area contributed by atoms with Gasteiger partial charge in [0.1, 0.15) is 55.2 Å². The molecule has 0 unspecified atom stereocenters. The molecule has 0 spiro atoms. The molecule has 0 bridgehead atoms. The lowest BCUT2D eigenvalue weighted by Gasteiger charge is -2.30. The van der Waals surface area contributed by atoms with Crippen molar-refractivity contribution in [2.45, 2.75) is 5.79 Å². The lowest BCUT2D eigenvalue weighted by molar-refractivity contribution is 0.000164. The molecular formula is C78H100Cl2N4O20. The highest BCUT2D eigenvalue weighted by molar-refractivity contribution is 6.54. The van der Waals surface area contributed by atoms with Crippen molar-refractivity contribution in [2.75, 3.05) is 240 Å². The number of aromatic nitrogens is 2. The van der Waals surface area contributed by atoms with Crippen LogP contribution in [0, 0.1) is 0 Å². The maximum Gasteiger partial charge on any atom is 0.263 e. The normalized spacial score (nSPS) is 12.6. The second-order valence-electron chi connectivity index (χ2n) is 22.8. The van der Waals surface area contributed by atoms with Gasteiger partial charge in [-0.15, -0.1) is 0 Å². The third-order valence-electron chi connectivity index (χ3n) is 15.5. The number of imidazole rings is 1. The lowest BCUT2D eigenvalue weighted by Crippen LogP contribution is -2.31. The van der Waals surface area contributed by atoms with Crippen molar-refractivity contribution in [3.63, 3.8) is 0 Å². The zero-order valence-electron chi connectivity index (χ0n) is 60.2. The fraction of sp³-hybridized carbons (Fsp3) is 0.474. The number of methoxy groups -OCH3 is 4. The smallest absolute Gasteiger partial charge is 0.263 e. The zero-order valence-corrected chi connectivity index (χ0v) is 61.7. The minimum absolute atomic E-state index is 0.292. The zero-order chi connectivity index (χ0) is 72.8. The van der Waals surface area contributed by atoms with Crippen LogP contribution in [0.4, 0.5) is 0 Å². The first-order valence-corrected chi connectivity index (χ1v) is 35.8. The second kappa shape index (κ2) is 49.7. The maximum absolute atomic E-state index is 7.58. The SMILES string of the molecule is COCCOCCOCCOCCOc1ccc(C2=NC(c3ccccc3Cl)(n3c(-c4ccccc4Cl)nc(-c4ccc(OCCOCCOCCOCCOC)cc4)c3-c3ccc(OCCOCCOCCOCCOC)cc3)N=C2c2ccc(OCCOCCOCCOCCOC)cc2)cc1. The van der Waals surface area contributed by atoms with E-state index in [1.165, 1.54) is 0 Å². The third-order valence-corrected chi connectivity index (χ3v) is 16.2. The van der Waals surface area contributed by atoms with Crippen LogP contribution >= 0.6 is 23.2 Å². The molecule has 0 saturated carbocycles. The predicted octanol–water partition coefficient (Wildman–Crippen LogP) is 11.1. The summed E-state index contributed by atoms with van der Waals surface area (Å²) in [4.78, 5) is 17.5. The average Bonchev–Trinajstić information content (AvgIpc) is 1.54. The number of nitrogens with zero attached hydrogens (tertiary/aromatic N) is 4. The summed E-state index contributed by atoms with van der Waals surface area (Å²) >= 11 is 15.0. The van der Waals surface area contributed by atoms with Crippen molar-refractivity contribution in [3.8, 4) is 56.9 Å². The predicted molar refractivity (Wildman–Crippen MR) is 397 cm³/mol. The van der Waals surface area contributed by atoms with E-state index < -0.39 is 5.79 Å². The molecule has 24 nitrogen and oxygen atoms in total. The van der Waals surface area contributed by atoms with E-state index in [0.717, 1.165) is 22.3 Å². The lowest BCUT2D eigenvalue weighted by atomic mass is 10.00. The third kappa shape index (κ3) is 28.1. The standard InChI is InChI=1S/C78H100Cl2N4O20/c1-85-29-33-89-37-41-93-45-49-97-53-57-101-65-21-13-61(14-22-65)73-74(62-15-23-66(24-16-62)102-58-54-98-50-46-94-42-38-90-34-30-86-2)83-78(82-73,70-10-6-8-12-72(70)80)84-76(64-19-27-68(28-20-64)104-60-56-100-52-48-96-44-40-92-36-32-88-4)75(81-77(84)69-9-5-7-11-71(69)79)63-17-25-67(26-18-63)103-59-55-99-51-47-95-43-39-91-35-31-87-3/h5-28H,29-60H2,1-4H3. The van der Waals surface area contributed by atoms with Gasteiger partial charge in [-0.2, -0.15) is 0 Å². The van der Waals surface area contributed by atoms with Crippen LogP contribution in [0.15, 0.2) is 156 Å². The highest BCUT2D eigenvalue weighted by atomic mass is 35.5. The Bertz CT molecular complexity index is 3430. The Hall–Kier alpha value is -6.99. The molecule has 1 aliphatic heterocycles. The van der Waals surface area contributed by atoms with Crippen molar-refractivity contribution in [1.29, 1.82) is 0 Å². The first-order valence-electron chi connectivity index (χ1n) is 35.0. The van der Waals surface area contributed by atoms with Crippen LogP contribution in [-0.4, -0.2) is 261 Å². The van der Waals surface area contributed by atoms with E-state index >= 15 is 0 Å². The summed E-state index contributed by atoms with van der Waals surface area (Å²) < 4.78 is 115. The molecule has 0 aliphatic carbocycles. The molecule has 104 heavy (non-hydrogen) atoms. The Morgan fingerprint density at radius 2 is 0.558 bits per heavy atom. The Labute approximate surface area is 620 Å². The molecule has 1 aliphatic rings. The van der Waals surface area contributed by atoms with Gasteiger partial charge in [0, 0.05) is 61.8 Å². The molecule has 7 aromatic rings. The van der Waals surface area contributed by atoms with Gasteiger partial charge in [0.2, 0.25) is 0 Å². The number of ether oxygens (including phenoxy) is 20. The largest absolute Gasteiger partial charge is 0.491 e. The van der Waals surface area contributed by atoms with Gasteiger partial charge < -0.3 is 94.7 Å². The summed E-state index contributed by atoms with van der Waals surface area (Å²) in [6.45, 7) is 13.9. The van der Waals surface area contributed by atoms with Crippen molar-refractivity contribution in [1.82, 2.24) is 9.55 Å². The Morgan fingerprint density at radius 3 is 0.865 bits per heavy atom. The molecule has 566 valence electrons. The first kappa shape index (κ1) is 82.7. The average molecular weight is 1480 g/mol. The van der Waals surface area contributed by atoms with Crippen LogP contribution < -0.4 is 18.9 Å². The summed E-state index contributed by atoms with van der Waals surface area (Å²) in [5.41, 5.74) is 6.44. The van der Waals surface area contributed by atoms with Crippen LogP contribution in [0.25, 0.3) is 33.9 Å². The molecule has 6 aromatic carbocycles. The van der Waals surface area contributed by atoms with Gasteiger partial charge in [0.05, 0.1) is 218 Å². The molecule has 0 saturated heterocycles. The molecule has 0 radical (unpaired) electrons. The number of rotatable bonds is 59. The number of benzene rings is 6. The topological polar surface area (TPSA) is 227 Å². The molecule has 8 rings (SSSR count). The van der Waals surface area contributed by atoms with Gasteiger partial charge in [-0.3, -0.25) is 4.57 Å². The monoisotopic (exact) mass is 1480 g/mol. The van der Waals surface area contributed by atoms with Gasteiger partial charge >= 0.3 is 0 Å². The molecule has 0 atom stereocenters. The van der Waals surface area contributed by atoms with E-state index in [2.05, 4.69) is 0 Å². The van der Waals surface area contributed by atoms with Gasteiger partial charge in [-0.25, -0.2) is 15.0 Å². The molecule has 0 amide bonds. The molecule has 1 aromatic heterocycles. The Balaban J connectivity index is 1.14. The van der Waals surface area contributed by atoms with Crippen molar-refractivity contribution in [3.05, 3.63) is 172 Å². The molecular weight excluding hydrogens is 1380 g/mol. The molecule has 0 fully saturated rings. The van der Waals surface area contributed by atoms with Crippen LogP contribution in [-0.2, 0) is 81.6 Å². The number of hydrogen-bond donors (Lipinski definition) is 0. The van der Waals surface area contributed by atoms with E-state index in [0.29, 0.717) is 284 Å². The van der Waals surface area contributed by atoms with Crippen LogP contribution in [0.3, 0.4) is 0 Å². The number of aliphatic imine (C=N–C) groups is 2. The fourth-order valence-corrected chi connectivity index (χ4v) is 10.9. The van der Waals surface area contributed by atoms with E-state index in [9.17, 15) is 0 Å². The van der Waals surface area contributed by atoms with Crippen molar-refractivity contribution < 1.29 is 94.7 Å². The summed E-state index contributed by atoms with van der Waals surface area (Å²) in [6, 6.07) is 46.3. The van der Waals surface area contributed by atoms with Gasteiger partial charge in [0.25, 0.3) is 5.79 Å². The number of hydrogen-bond acceptors (Lipinski definition) is 23. The van der Waals surface area contributed by atoms with Crippen LogP contribution in [0.5, 0.6) is 23.0 Å². The Morgan fingerprint density at radius 1 is 0.288 bits per heavy atom. The fourth-order valence-electron chi connectivity index (χ4n) is 10.4. The second-order valence-corrected chi connectivity index (χ2v) is 23.6. The van der Waals surface area contributed by atoms with Gasteiger partial charge in [-0.05, 0) is 115 Å². The minimum Gasteiger partial charge on any atom is -0.491 e. The Kier molecular flexibility index (Phi) is 39.5. The summed E-state index contributed by atoms with van der Waals surface area (Å²) in [6.07, 6.45) is 0. The van der Waals surface area contributed by atoms with Gasteiger partial charge in [-0.1, -0.05) is 53.5 Å². The van der Waals surface area contributed by atoms with Crippen LogP contribution in [0.2, 0.25) is 10.0 Å². The highest BCUT2D eigenvalue weighted by Crippen LogP contribution is 2.49. The van der Waals surface area contributed by atoms with Crippen LogP contribution in [0.1, 0.15) is 16.7 Å². The van der Waals surface area contributed by atoms with E-state index in [4.69, 9.17) is 133 Å². The van der Waals surface area contributed by atoms with E-state index in [1.54, 1.807) is 28.4 Å². The summed E-state index contributed by atoms with van der Waals surface area (Å²) in [7, 11) is 6.56. The van der Waals surface area contributed by atoms with Gasteiger partial charge in [0.15, 0.2) is 0 Å². The highest BCUT2D eigenvalue weighted by Gasteiger charge is 2.46. The van der Waals surface area contributed by atoms with Crippen molar-refractivity contribution >= 4 is 34.6 Å².